The van der Waals surface area contributed by atoms with Crippen LogP contribution in [0.3, 0.4) is 0 Å². The minimum absolute atomic E-state index is 0.100. The lowest BCUT2D eigenvalue weighted by Gasteiger charge is -2.11. The maximum Gasteiger partial charge on any atom is 0.265 e. The summed E-state index contributed by atoms with van der Waals surface area (Å²) in [5.74, 6) is 0. The zero-order valence-corrected chi connectivity index (χ0v) is 13.4. The first-order chi connectivity index (χ1) is 9.57. The Morgan fingerprint density at radius 3 is 2.45 bits per heavy atom. The molecular formula is C13H21BrN2O4. The highest BCUT2D eigenvalue weighted by Crippen LogP contribution is 2.16. The average molecular weight is 349 g/mol. The van der Waals surface area contributed by atoms with Gasteiger partial charge in [0.1, 0.15) is 0 Å². The van der Waals surface area contributed by atoms with Gasteiger partial charge in [-0.25, -0.2) is 0 Å². The van der Waals surface area contributed by atoms with Gasteiger partial charge < -0.3 is 24.5 Å². The maximum absolute atomic E-state index is 11.9. The lowest BCUT2D eigenvalue weighted by molar-refractivity contribution is 0.0229. The molecule has 0 bridgehead atoms. The number of pyridine rings is 1. The van der Waals surface area contributed by atoms with E-state index in [0.29, 0.717) is 49.7 Å². The fourth-order valence-corrected chi connectivity index (χ4v) is 1.99. The van der Waals surface area contributed by atoms with Gasteiger partial charge in [-0.3, -0.25) is 4.79 Å². The van der Waals surface area contributed by atoms with Crippen LogP contribution in [0.15, 0.2) is 15.5 Å². The van der Waals surface area contributed by atoms with Crippen LogP contribution < -0.4 is 11.3 Å². The van der Waals surface area contributed by atoms with Crippen LogP contribution in [0, 0.1) is 6.92 Å². The van der Waals surface area contributed by atoms with Gasteiger partial charge in [-0.05, 0) is 28.4 Å². The van der Waals surface area contributed by atoms with E-state index < -0.39 is 0 Å². The summed E-state index contributed by atoms with van der Waals surface area (Å²) in [6, 6.07) is 0. The number of rotatable bonds is 9. The number of halogens is 1. The topological polar surface area (TPSA) is 75.7 Å². The van der Waals surface area contributed by atoms with E-state index >= 15 is 0 Å². The predicted molar refractivity (Wildman–Crippen MR) is 81.1 cm³/mol. The molecule has 0 aliphatic carbocycles. The Labute approximate surface area is 126 Å². The van der Waals surface area contributed by atoms with Crippen LogP contribution in [-0.4, -0.2) is 44.7 Å². The minimum Gasteiger partial charge on any atom is -0.397 e. The Balaban J connectivity index is 2.31. The Kier molecular flexibility index (Phi) is 7.83. The van der Waals surface area contributed by atoms with Crippen molar-refractivity contribution in [3.8, 4) is 0 Å². The highest BCUT2D eigenvalue weighted by Gasteiger charge is 2.07. The van der Waals surface area contributed by atoms with Crippen molar-refractivity contribution in [1.82, 2.24) is 4.57 Å². The van der Waals surface area contributed by atoms with E-state index in [1.165, 1.54) is 4.57 Å². The van der Waals surface area contributed by atoms with Crippen molar-refractivity contribution < 1.29 is 14.2 Å². The second-order valence-electron chi connectivity index (χ2n) is 4.24. The Morgan fingerprint density at radius 2 is 1.80 bits per heavy atom. The van der Waals surface area contributed by atoms with Crippen LogP contribution >= 0.6 is 15.9 Å². The molecule has 1 rings (SSSR count). The number of hydrogen-bond acceptors (Lipinski definition) is 5. The molecule has 0 saturated carbocycles. The van der Waals surface area contributed by atoms with Crippen molar-refractivity contribution in [2.45, 2.75) is 13.5 Å². The van der Waals surface area contributed by atoms with Crippen LogP contribution in [0.5, 0.6) is 0 Å². The molecule has 2 N–H and O–H groups in total. The molecule has 0 unspecified atom stereocenters. The monoisotopic (exact) mass is 348 g/mol. The Hall–Kier alpha value is -0.890. The second-order valence-corrected chi connectivity index (χ2v) is 5.03. The fraction of sp³-hybridized carbons (Fsp3) is 0.615. The molecule has 114 valence electrons. The van der Waals surface area contributed by atoms with Gasteiger partial charge in [-0.2, -0.15) is 0 Å². The number of hydrogen-bond donors (Lipinski definition) is 1. The van der Waals surface area contributed by atoms with E-state index in [1.54, 1.807) is 20.2 Å². The second kappa shape index (κ2) is 9.12. The summed E-state index contributed by atoms with van der Waals surface area (Å²) in [4.78, 5) is 11.9. The molecule has 0 aliphatic rings. The van der Waals surface area contributed by atoms with Gasteiger partial charge in [0.05, 0.1) is 43.2 Å². The van der Waals surface area contributed by atoms with Gasteiger partial charge in [0.15, 0.2) is 0 Å². The molecule has 0 atom stereocenters. The van der Waals surface area contributed by atoms with E-state index in [0.717, 1.165) is 5.56 Å². The minimum atomic E-state index is -0.100. The number of nitrogens with two attached hydrogens (primary N) is 1. The SMILES string of the molecule is COCCOCCOCCn1cc(N)c(C)c(Br)c1=O. The van der Waals surface area contributed by atoms with E-state index in [9.17, 15) is 4.79 Å². The highest BCUT2D eigenvalue weighted by molar-refractivity contribution is 9.10. The first-order valence-corrected chi connectivity index (χ1v) is 7.16. The van der Waals surface area contributed by atoms with Gasteiger partial charge in [-0.15, -0.1) is 0 Å². The van der Waals surface area contributed by atoms with Crippen molar-refractivity contribution in [2.75, 3.05) is 45.9 Å². The predicted octanol–water partition coefficient (Wildman–Crippen LogP) is 1.18. The first-order valence-electron chi connectivity index (χ1n) is 6.37. The normalized spacial score (nSPS) is 10.9. The zero-order valence-electron chi connectivity index (χ0n) is 11.9. The molecule has 6 nitrogen and oxygen atoms in total. The van der Waals surface area contributed by atoms with Crippen LogP contribution in [0.1, 0.15) is 5.56 Å². The average Bonchev–Trinajstić information content (AvgIpc) is 2.44. The largest absolute Gasteiger partial charge is 0.397 e. The molecular weight excluding hydrogens is 328 g/mol. The molecule has 0 amide bonds. The van der Waals surface area contributed by atoms with Crippen molar-refractivity contribution >= 4 is 21.6 Å². The van der Waals surface area contributed by atoms with E-state index in [4.69, 9.17) is 19.9 Å². The van der Waals surface area contributed by atoms with E-state index in [1.807, 2.05) is 0 Å². The smallest absolute Gasteiger partial charge is 0.265 e. The Bertz CT molecular complexity index is 476. The molecule has 0 saturated heterocycles. The van der Waals surface area contributed by atoms with E-state index in [-0.39, 0.29) is 5.56 Å². The van der Waals surface area contributed by atoms with Gasteiger partial charge in [-0.1, -0.05) is 0 Å². The number of nitrogen functional groups attached to an aromatic ring is 1. The third kappa shape index (κ3) is 5.24. The van der Waals surface area contributed by atoms with Crippen LogP contribution in [-0.2, 0) is 20.8 Å². The molecule has 0 fully saturated rings. The third-order valence-corrected chi connectivity index (χ3v) is 3.72. The summed E-state index contributed by atoms with van der Waals surface area (Å²) in [6.45, 7) is 4.83. The fourth-order valence-electron chi connectivity index (χ4n) is 1.53. The molecule has 1 aromatic rings. The summed E-state index contributed by atoms with van der Waals surface area (Å²) in [5.41, 5.74) is 7.07. The summed E-state index contributed by atoms with van der Waals surface area (Å²) in [5, 5.41) is 0. The van der Waals surface area contributed by atoms with Crippen molar-refractivity contribution in [2.24, 2.45) is 0 Å². The third-order valence-electron chi connectivity index (χ3n) is 2.79. The van der Waals surface area contributed by atoms with Crippen molar-refractivity contribution in [3.05, 3.63) is 26.6 Å². The molecule has 0 radical (unpaired) electrons. The summed E-state index contributed by atoms with van der Waals surface area (Å²) in [7, 11) is 1.63. The molecule has 0 aromatic carbocycles. The highest BCUT2D eigenvalue weighted by atomic mass is 79.9. The van der Waals surface area contributed by atoms with Crippen molar-refractivity contribution in [1.29, 1.82) is 0 Å². The lowest BCUT2D eigenvalue weighted by atomic mass is 10.2. The molecule has 1 heterocycles. The van der Waals surface area contributed by atoms with E-state index in [2.05, 4.69) is 15.9 Å². The standard InChI is InChI=1S/C13H21BrN2O4/c1-10-11(15)9-16(13(17)12(10)14)3-4-19-7-8-20-6-5-18-2/h9H,3-8,15H2,1-2H3. The molecule has 20 heavy (non-hydrogen) atoms. The van der Waals surface area contributed by atoms with Gasteiger partial charge in [0, 0.05) is 19.9 Å². The first kappa shape index (κ1) is 17.2. The quantitative estimate of drug-likeness (QED) is 0.678. The van der Waals surface area contributed by atoms with Gasteiger partial charge in [0.25, 0.3) is 5.56 Å². The Morgan fingerprint density at radius 1 is 1.20 bits per heavy atom. The molecule has 0 spiro atoms. The number of methoxy groups -OCH3 is 1. The zero-order chi connectivity index (χ0) is 15.0. The summed E-state index contributed by atoms with van der Waals surface area (Å²) >= 11 is 3.25. The number of ether oxygens (including phenoxy) is 3. The number of aromatic nitrogens is 1. The van der Waals surface area contributed by atoms with Crippen LogP contribution in [0.25, 0.3) is 0 Å². The summed E-state index contributed by atoms with van der Waals surface area (Å²) < 4.78 is 17.6. The van der Waals surface area contributed by atoms with Gasteiger partial charge in [0.2, 0.25) is 0 Å². The number of nitrogens with zero attached hydrogens (tertiary/aromatic N) is 1. The van der Waals surface area contributed by atoms with Crippen LogP contribution in [0.2, 0.25) is 0 Å². The maximum atomic E-state index is 11.9. The lowest BCUT2D eigenvalue weighted by Crippen LogP contribution is -2.24. The molecule has 7 heteroatoms. The van der Waals surface area contributed by atoms with Crippen LogP contribution in [0.4, 0.5) is 5.69 Å². The summed E-state index contributed by atoms with van der Waals surface area (Å²) in [6.07, 6.45) is 1.64. The van der Waals surface area contributed by atoms with Gasteiger partial charge >= 0.3 is 0 Å². The number of anilines is 1. The molecule has 0 aliphatic heterocycles. The molecule has 1 aromatic heterocycles. The van der Waals surface area contributed by atoms with Crippen molar-refractivity contribution in [3.63, 3.8) is 0 Å².